The van der Waals surface area contributed by atoms with Gasteiger partial charge in [-0.3, -0.25) is 0 Å². The van der Waals surface area contributed by atoms with Gasteiger partial charge in [-0.25, -0.2) is 8.42 Å². The molecule has 4 nitrogen and oxygen atoms in total. The van der Waals surface area contributed by atoms with E-state index >= 15 is 0 Å². The van der Waals surface area contributed by atoms with Crippen molar-refractivity contribution in [1.82, 2.24) is 0 Å². The summed E-state index contributed by atoms with van der Waals surface area (Å²) in [6, 6.07) is 0. The van der Waals surface area contributed by atoms with Crippen molar-refractivity contribution in [3.8, 4) is 0 Å². The van der Waals surface area contributed by atoms with Crippen LogP contribution < -0.4 is 0 Å². The van der Waals surface area contributed by atoms with Crippen LogP contribution in [0, 0.1) is 0 Å². The molecule has 0 heterocycles. The van der Waals surface area contributed by atoms with Crippen LogP contribution in [0.15, 0.2) is 0 Å². The summed E-state index contributed by atoms with van der Waals surface area (Å²) in [5.41, 5.74) is 0. The van der Waals surface area contributed by atoms with Crippen molar-refractivity contribution in [3.63, 3.8) is 0 Å². The average molecular weight is 393 g/mol. The molecule has 158 valence electrons. The first-order valence-electron chi connectivity index (χ1n) is 11.0. The molecule has 5 heteroatoms. The van der Waals surface area contributed by atoms with E-state index in [9.17, 15) is 13.5 Å². The first kappa shape index (κ1) is 25.9. The summed E-state index contributed by atoms with van der Waals surface area (Å²) in [5.74, 6) is -0.190. The Balaban J connectivity index is 3.24. The molecule has 0 saturated heterocycles. The zero-order valence-electron chi connectivity index (χ0n) is 17.1. The van der Waals surface area contributed by atoms with Crippen molar-refractivity contribution in [2.45, 2.75) is 116 Å². The second-order valence-corrected chi connectivity index (χ2v) is 9.98. The normalized spacial score (nSPS) is 13.2. The van der Waals surface area contributed by atoms with E-state index in [1.807, 2.05) is 0 Å². The SMILES string of the molecule is CCCCCCCCCCCCCCCCCCS(=O)(=O)CC(O)CO. The fourth-order valence-corrected chi connectivity index (χ4v) is 4.80. The Bertz CT molecular complexity index is 381. The van der Waals surface area contributed by atoms with Crippen LogP contribution >= 0.6 is 0 Å². The zero-order chi connectivity index (χ0) is 19.5. The Labute approximate surface area is 162 Å². The monoisotopic (exact) mass is 392 g/mol. The van der Waals surface area contributed by atoms with E-state index in [1.54, 1.807) is 0 Å². The van der Waals surface area contributed by atoms with E-state index in [0.29, 0.717) is 6.42 Å². The minimum absolute atomic E-state index is 0.127. The highest BCUT2D eigenvalue weighted by atomic mass is 32.2. The van der Waals surface area contributed by atoms with Crippen LogP contribution in [0.3, 0.4) is 0 Å². The molecule has 0 aromatic heterocycles. The number of hydrogen-bond acceptors (Lipinski definition) is 4. The molecule has 1 atom stereocenters. The molecule has 2 N–H and O–H groups in total. The van der Waals surface area contributed by atoms with Gasteiger partial charge < -0.3 is 10.2 Å². The first-order valence-corrected chi connectivity index (χ1v) is 12.8. The van der Waals surface area contributed by atoms with Crippen molar-refractivity contribution < 1.29 is 18.6 Å². The fraction of sp³-hybridized carbons (Fsp3) is 1.00. The number of hydrogen-bond donors (Lipinski definition) is 2. The highest BCUT2D eigenvalue weighted by Gasteiger charge is 2.15. The molecule has 0 aromatic carbocycles. The minimum atomic E-state index is -3.22. The van der Waals surface area contributed by atoms with Gasteiger partial charge in [0.1, 0.15) is 0 Å². The lowest BCUT2D eigenvalue weighted by Crippen LogP contribution is -2.25. The first-order chi connectivity index (χ1) is 12.5. The largest absolute Gasteiger partial charge is 0.394 e. The zero-order valence-corrected chi connectivity index (χ0v) is 17.9. The molecule has 0 saturated carbocycles. The quantitative estimate of drug-likeness (QED) is 0.285. The molecule has 0 aliphatic carbocycles. The summed E-state index contributed by atoms with van der Waals surface area (Å²) in [4.78, 5) is 0. The van der Waals surface area contributed by atoms with Crippen LogP contribution in [0.1, 0.15) is 110 Å². The molecule has 0 spiro atoms. The Hall–Kier alpha value is -0.130. The number of rotatable bonds is 20. The maximum Gasteiger partial charge on any atom is 0.152 e. The number of aliphatic hydroxyl groups excluding tert-OH is 2. The Morgan fingerprint density at radius 1 is 0.654 bits per heavy atom. The van der Waals surface area contributed by atoms with Gasteiger partial charge in [-0.05, 0) is 6.42 Å². The molecule has 0 rings (SSSR count). The Kier molecular flexibility index (Phi) is 18.2. The van der Waals surface area contributed by atoms with E-state index in [2.05, 4.69) is 6.92 Å². The van der Waals surface area contributed by atoms with Crippen LogP contribution in [0.25, 0.3) is 0 Å². The average Bonchev–Trinajstić information content (AvgIpc) is 2.60. The molecule has 0 radical (unpaired) electrons. The lowest BCUT2D eigenvalue weighted by molar-refractivity contribution is 0.112. The standard InChI is InChI=1S/C21H44O4S/c1-2-3-4-5-6-7-8-9-10-11-12-13-14-15-16-17-18-26(24,25)20-21(23)19-22/h21-23H,2-20H2,1H3. The maximum absolute atomic E-state index is 11.7. The third-order valence-corrected chi connectivity index (χ3v) is 6.77. The second kappa shape index (κ2) is 18.2. The topological polar surface area (TPSA) is 74.6 Å². The van der Waals surface area contributed by atoms with E-state index in [4.69, 9.17) is 5.11 Å². The third-order valence-electron chi connectivity index (χ3n) is 4.97. The summed E-state index contributed by atoms with van der Waals surface area (Å²) in [5, 5.41) is 17.9. The summed E-state index contributed by atoms with van der Waals surface area (Å²) < 4.78 is 23.4. The fourth-order valence-electron chi connectivity index (χ4n) is 3.30. The van der Waals surface area contributed by atoms with Crippen molar-refractivity contribution in [2.75, 3.05) is 18.1 Å². The molecule has 1 unspecified atom stereocenters. The molecule has 26 heavy (non-hydrogen) atoms. The van der Waals surface area contributed by atoms with Gasteiger partial charge in [-0.2, -0.15) is 0 Å². The van der Waals surface area contributed by atoms with Crippen molar-refractivity contribution in [2.24, 2.45) is 0 Å². The number of sulfone groups is 1. The molecule has 0 aliphatic heterocycles. The maximum atomic E-state index is 11.7. The van der Waals surface area contributed by atoms with Crippen molar-refractivity contribution in [3.05, 3.63) is 0 Å². The Morgan fingerprint density at radius 3 is 1.35 bits per heavy atom. The van der Waals surface area contributed by atoms with Gasteiger partial charge in [0.25, 0.3) is 0 Å². The van der Waals surface area contributed by atoms with Crippen molar-refractivity contribution in [1.29, 1.82) is 0 Å². The van der Waals surface area contributed by atoms with Crippen LogP contribution in [-0.2, 0) is 9.84 Å². The van der Waals surface area contributed by atoms with E-state index < -0.39 is 22.5 Å². The van der Waals surface area contributed by atoms with Gasteiger partial charge in [0.15, 0.2) is 9.84 Å². The van der Waals surface area contributed by atoms with Gasteiger partial charge in [0.2, 0.25) is 0 Å². The highest BCUT2D eigenvalue weighted by Crippen LogP contribution is 2.14. The van der Waals surface area contributed by atoms with Crippen LogP contribution in [0.2, 0.25) is 0 Å². The molecule has 0 amide bonds. The summed E-state index contributed by atoms with van der Waals surface area (Å²) >= 11 is 0. The van der Waals surface area contributed by atoms with Crippen LogP contribution in [0.5, 0.6) is 0 Å². The lowest BCUT2D eigenvalue weighted by atomic mass is 10.0. The molecule has 0 aromatic rings. The van der Waals surface area contributed by atoms with Gasteiger partial charge in [-0.1, -0.05) is 103 Å². The highest BCUT2D eigenvalue weighted by molar-refractivity contribution is 7.91. The Morgan fingerprint density at radius 2 is 1.00 bits per heavy atom. The molecule has 0 aliphatic rings. The molecule has 0 fully saturated rings. The number of aliphatic hydroxyl groups is 2. The van der Waals surface area contributed by atoms with Gasteiger partial charge in [-0.15, -0.1) is 0 Å². The summed E-state index contributed by atoms with van der Waals surface area (Å²) in [7, 11) is -3.22. The molecular weight excluding hydrogens is 348 g/mol. The number of unbranched alkanes of at least 4 members (excludes halogenated alkanes) is 15. The predicted molar refractivity (Wildman–Crippen MR) is 111 cm³/mol. The van der Waals surface area contributed by atoms with Gasteiger partial charge in [0.05, 0.1) is 24.2 Å². The van der Waals surface area contributed by atoms with Crippen molar-refractivity contribution >= 4 is 9.84 Å². The van der Waals surface area contributed by atoms with Gasteiger partial charge >= 0.3 is 0 Å². The summed E-state index contributed by atoms with van der Waals surface area (Å²) in [6.45, 7) is 1.77. The minimum Gasteiger partial charge on any atom is -0.394 e. The summed E-state index contributed by atoms with van der Waals surface area (Å²) in [6.07, 6.45) is 19.1. The third kappa shape index (κ3) is 18.7. The second-order valence-electron chi connectivity index (χ2n) is 7.75. The van der Waals surface area contributed by atoms with E-state index in [1.165, 1.54) is 83.5 Å². The van der Waals surface area contributed by atoms with E-state index in [-0.39, 0.29) is 11.5 Å². The molecule has 0 bridgehead atoms. The lowest BCUT2D eigenvalue weighted by Gasteiger charge is -2.08. The van der Waals surface area contributed by atoms with Crippen LogP contribution in [-0.4, -0.2) is 42.8 Å². The van der Waals surface area contributed by atoms with Crippen LogP contribution in [0.4, 0.5) is 0 Å². The predicted octanol–water partition coefficient (Wildman–Crippen LogP) is 5.02. The molecular formula is C21H44O4S. The smallest absolute Gasteiger partial charge is 0.152 e. The van der Waals surface area contributed by atoms with E-state index in [0.717, 1.165) is 12.8 Å². The van der Waals surface area contributed by atoms with Gasteiger partial charge in [0, 0.05) is 0 Å².